The molecule has 0 aromatic heterocycles. The van der Waals surface area contributed by atoms with Gasteiger partial charge in [0.15, 0.2) is 0 Å². The molecule has 2 atom stereocenters. The standard InChI is InChI=1S/C22H22FN3O3/c23-16-3-5-19-18-4-2-14(8-15(18)13-29-20(19)10-16)9-17(11-24)26-22(27)21-12-25-6-1-7-28-21/h2-5,8,10,17,21,25H,1,6-7,9,12-13H2,(H,26,27)/t17?,21-/m0/s1. The molecule has 0 bridgehead atoms. The zero-order chi connectivity index (χ0) is 20.2. The first-order valence-corrected chi connectivity index (χ1v) is 9.71. The van der Waals surface area contributed by atoms with Gasteiger partial charge in [-0.15, -0.1) is 0 Å². The van der Waals surface area contributed by atoms with Crippen molar-refractivity contribution in [3.63, 3.8) is 0 Å². The topological polar surface area (TPSA) is 83.4 Å². The third-order valence-electron chi connectivity index (χ3n) is 5.14. The van der Waals surface area contributed by atoms with E-state index in [9.17, 15) is 14.4 Å². The van der Waals surface area contributed by atoms with Gasteiger partial charge in [0.2, 0.25) is 0 Å². The second kappa shape index (κ2) is 8.60. The van der Waals surface area contributed by atoms with Crippen LogP contribution in [0, 0.1) is 17.1 Å². The summed E-state index contributed by atoms with van der Waals surface area (Å²) in [5.74, 6) is -0.0723. The van der Waals surface area contributed by atoms with E-state index in [0.717, 1.165) is 35.2 Å². The molecule has 1 fully saturated rings. The van der Waals surface area contributed by atoms with Gasteiger partial charge in [0.1, 0.15) is 30.3 Å². The number of halogens is 1. The highest BCUT2D eigenvalue weighted by Gasteiger charge is 2.24. The van der Waals surface area contributed by atoms with Crippen LogP contribution in [0.4, 0.5) is 4.39 Å². The summed E-state index contributed by atoms with van der Waals surface area (Å²) >= 11 is 0. The Morgan fingerprint density at radius 3 is 3.03 bits per heavy atom. The van der Waals surface area contributed by atoms with Gasteiger partial charge in [0.05, 0.1) is 6.07 Å². The first-order chi connectivity index (χ1) is 14.1. The third-order valence-corrected chi connectivity index (χ3v) is 5.14. The highest BCUT2D eigenvalue weighted by molar-refractivity contribution is 5.81. The monoisotopic (exact) mass is 395 g/mol. The molecule has 1 unspecified atom stereocenters. The lowest BCUT2D eigenvalue weighted by Gasteiger charge is -2.22. The second-order valence-electron chi connectivity index (χ2n) is 7.23. The van der Waals surface area contributed by atoms with E-state index in [-0.39, 0.29) is 11.7 Å². The number of benzene rings is 2. The molecule has 2 N–H and O–H groups in total. The van der Waals surface area contributed by atoms with Crippen molar-refractivity contribution in [2.24, 2.45) is 0 Å². The highest BCUT2D eigenvalue weighted by atomic mass is 19.1. The molecule has 4 rings (SSSR count). The Hall–Kier alpha value is -2.95. The molecule has 29 heavy (non-hydrogen) atoms. The van der Waals surface area contributed by atoms with Crippen LogP contribution in [-0.2, 0) is 22.6 Å². The number of amides is 1. The van der Waals surface area contributed by atoms with E-state index in [4.69, 9.17) is 9.47 Å². The van der Waals surface area contributed by atoms with E-state index in [0.29, 0.717) is 31.9 Å². The summed E-state index contributed by atoms with van der Waals surface area (Å²) in [5, 5.41) is 15.4. The molecule has 7 heteroatoms. The van der Waals surface area contributed by atoms with Crippen LogP contribution >= 0.6 is 0 Å². The minimum atomic E-state index is -0.654. The highest BCUT2D eigenvalue weighted by Crippen LogP contribution is 2.38. The van der Waals surface area contributed by atoms with E-state index in [2.05, 4.69) is 16.7 Å². The first-order valence-electron chi connectivity index (χ1n) is 9.71. The smallest absolute Gasteiger partial charge is 0.251 e. The lowest BCUT2D eigenvalue weighted by atomic mass is 9.93. The molecule has 0 saturated carbocycles. The van der Waals surface area contributed by atoms with E-state index in [1.54, 1.807) is 6.07 Å². The number of hydrogen-bond donors (Lipinski definition) is 2. The summed E-state index contributed by atoms with van der Waals surface area (Å²) < 4.78 is 24.6. The summed E-state index contributed by atoms with van der Waals surface area (Å²) in [6.45, 7) is 2.13. The van der Waals surface area contributed by atoms with Crippen LogP contribution < -0.4 is 15.4 Å². The van der Waals surface area contributed by atoms with Crippen molar-refractivity contribution in [1.82, 2.24) is 10.6 Å². The molecule has 2 heterocycles. The summed E-state index contributed by atoms with van der Waals surface area (Å²) in [5.41, 5.74) is 3.73. The lowest BCUT2D eigenvalue weighted by Crippen LogP contribution is -2.46. The third kappa shape index (κ3) is 4.39. The number of fused-ring (bicyclic) bond motifs is 3. The molecule has 2 aliphatic rings. The Labute approximate surface area is 168 Å². The Kier molecular flexibility index (Phi) is 5.74. The summed E-state index contributed by atoms with van der Waals surface area (Å²) in [7, 11) is 0. The van der Waals surface area contributed by atoms with Crippen LogP contribution in [0.3, 0.4) is 0 Å². The lowest BCUT2D eigenvalue weighted by molar-refractivity contribution is -0.132. The normalized spacial score (nSPS) is 19.0. The van der Waals surface area contributed by atoms with Gasteiger partial charge >= 0.3 is 0 Å². The molecular formula is C22H22FN3O3. The van der Waals surface area contributed by atoms with Crippen LogP contribution in [0.1, 0.15) is 17.5 Å². The van der Waals surface area contributed by atoms with Crippen molar-refractivity contribution in [1.29, 1.82) is 5.26 Å². The van der Waals surface area contributed by atoms with Crippen molar-refractivity contribution in [3.05, 3.63) is 53.3 Å². The number of hydrogen-bond acceptors (Lipinski definition) is 5. The molecule has 2 aromatic rings. The predicted octanol–water partition coefficient (Wildman–Crippen LogP) is 2.31. The average molecular weight is 395 g/mol. The van der Waals surface area contributed by atoms with Gasteiger partial charge in [-0.05, 0) is 41.8 Å². The van der Waals surface area contributed by atoms with Gasteiger partial charge in [-0.25, -0.2) is 4.39 Å². The predicted molar refractivity (Wildman–Crippen MR) is 105 cm³/mol. The summed E-state index contributed by atoms with van der Waals surface area (Å²) in [6, 6.07) is 11.9. The van der Waals surface area contributed by atoms with Gasteiger partial charge in [-0.3, -0.25) is 4.79 Å². The molecular weight excluding hydrogens is 373 g/mol. The largest absolute Gasteiger partial charge is 0.488 e. The van der Waals surface area contributed by atoms with E-state index in [1.807, 2.05) is 18.2 Å². The van der Waals surface area contributed by atoms with Gasteiger partial charge in [-0.2, -0.15) is 5.26 Å². The molecule has 1 saturated heterocycles. The van der Waals surface area contributed by atoms with Crippen molar-refractivity contribution in [3.8, 4) is 22.9 Å². The second-order valence-corrected chi connectivity index (χ2v) is 7.23. The van der Waals surface area contributed by atoms with Crippen LogP contribution in [0.25, 0.3) is 11.1 Å². The fourth-order valence-corrected chi connectivity index (χ4v) is 3.66. The van der Waals surface area contributed by atoms with E-state index < -0.39 is 12.1 Å². The average Bonchev–Trinajstić information content (AvgIpc) is 3.02. The molecule has 2 aromatic carbocycles. The number of rotatable bonds is 4. The van der Waals surface area contributed by atoms with Gasteiger partial charge in [-0.1, -0.05) is 18.2 Å². The van der Waals surface area contributed by atoms with Crippen LogP contribution in [0.15, 0.2) is 36.4 Å². The maximum atomic E-state index is 13.4. The SMILES string of the molecule is N#CC(Cc1ccc2c(c1)COc1cc(F)ccc1-2)NC(=O)[C@@H]1CNCCCO1. The van der Waals surface area contributed by atoms with Crippen molar-refractivity contribution in [2.75, 3.05) is 19.7 Å². The molecule has 6 nitrogen and oxygen atoms in total. The minimum Gasteiger partial charge on any atom is -0.488 e. The van der Waals surface area contributed by atoms with Crippen LogP contribution in [-0.4, -0.2) is 37.7 Å². The summed E-state index contributed by atoms with van der Waals surface area (Å²) in [6.07, 6.45) is 0.659. The Morgan fingerprint density at radius 1 is 1.31 bits per heavy atom. The molecule has 0 aliphatic carbocycles. The van der Waals surface area contributed by atoms with Crippen molar-refractivity contribution >= 4 is 5.91 Å². The van der Waals surface area contributed by atoms with Crippen molar-refractivity contribution < 1.29 is 18.7 Å². The fourth-order valence-electron chi connectivity index (χ4n) is 3.66. The number of nitrogens with one attached hydrogen (secondary N) is 2. The van der Waals surface area contributed by atoms with Gasteiger partial charge < -0.3 is 20.1 Å². The van der Waals surface area contributed by atoms with Crippen LogP contribution in [0.2, 0.25) is 0 Å². The maximum Gasteiger partial charge on any atom is 0.251 e. The van der Waals surface area contributed by atoms with Crippen molar-refractivity contribution in [2.45, 2.75) is 31.6 Å². The molecule has 2 aliphatic heterocycles. The Morgan fingerprint density at radius 2 is 2.17 bits per heavy atom. The molecule has 150 valence electrons. The molecule has 0 radical (unpaired) electrons. The van der Waals surface area contributed by atoms with E-state index >= 15 is 0 Å². The zero-order valence-electron chi connectivity index (χ0n) is 15.9. The van der Waals surface area contributed by atoms with Crippen LogP contribution in [0.5, 0.6) is 5.75 Å². The Balaban J connectivity index is 1.46. The number of nitriles is 1. The number of carbonyl (C=O) groups excluding carboxylic acids is 1. The molecule has 1 amide bonds. The van der Waals surface area contributed by atoms with E-state index in [1.165, 1.54) is 12.1 Å². The van der Waals surface area contributed by atoms with Gasteiger partial charge in [0.25, 0.3) is 5.91 Å². The first kappa shape index (κ1) is 19.4. The molecule has 0 spiro atoms. The van der Waals surface area contributed by atoms with Gasteiger partial charge in [0, 0.05) is 31.2 Å². The summed E-state index contributed by atoms with van der Waals surface area (Å²) in [4.78, 5) is 12.4. The Bertz CT molecular complexity index is 949. The number of carbonyl (C=O) groups is 1. The number of nitrogens with zero attached hydrogens (tertiary/aromatic N) is 1. The fraction of sp³-hybridized carbons (Fsp3) is 0.364. The minimum absolute atomic E-state index is 0.275. The zero-order valence-corrected chi connectivity index (χ0v) is 15.9. The quantitative estimate of drug-likeness (QED) is 0.830. The maximum absolute atomic E-state index is 13.4. The number of ether oxygens (including phenoxy) is 2.